The molecule has 0 radical (unpaired) electrons. The summed E-state index contributed by atoms with van der Waals surface area (Å²) in [6.07, 6.45) is 2.41. The number of carbonyl (C=O) groups is 2. The maximum atomic E-state index is 12.8. The highest BCUT2D eigenvalue weighted by Gasteiger charge is 2.25. The van der Waals surface area contributed by atoms with Gasteiger partial charge in [-0.2, -0.15) is 0 Å². The zero-order valence-electron chi connectivity index (χ0n) is 15.8. The molecule has 2 heterocycles. The highest BCUT2D eigenvalue weighted by atomic mass is 35.5. The number of carbonyl (C=O) groups excluding carboxylic acids is 2. The molecule has 5 nitrogen and oxygen atoms in total. The third-order valence-electron chi connectivity index (χ3n) is 5.33. The number of para-hydroxylation sites is 1. The van der Waals surface area contributed by atoms with Crippen molar-refractivity contribution in [1.82, 2.24) is 14.4 Å². The summed E-state index contributed by atoms with van der Waals surface area (Å²) >= 11 is 5.89. The van der Waals surface area contributed by atoms with E-state index in [9.17, 15) is 9.59 Å². The minimum atomic E-state index is -0.0159. The van der Waals surface area contributed by atoms with Crippen LogP contribution in [0.2, 0.25) is 5.02 Å². The van der Waals surface area contributed by atoms with Gasteiger partial charge in [-0.25, -0.2) is 0 Å². The van der Waals surface area contributed by atoms with E-state index in [0.29, 0.717) is 43.2 Å². The Morgan fingerprint density at radius 3 is 2.29 bits per heavy atom. The number of aromatic nitrogens is 1. The van der Waals surface area contributed by atoms with E-state index in [1.54, 1.807) is 29.2 Å². The van der Waals surface area contributed by atoms with Gasteiger partial charge >= 0.3 is 0 Å². The normalized spacial score (nSPS) is 14.5. The quantitative estimate of drug-likeness (QED) is 0.682. The molecular formula is C22H22ClN3O2. The first kappa shape index (κ1) is 18.6. The van der Waals surface area contributed by atoms with Gasteiger partial charge in [0, 0.05) is 60.9 Å². The number of nitrogens with zero attached hydrogens (tertiary/aromatic N) is 3. The zero-order chi connectivity index (χ0) is 19.7. The first-order valence-electron chi connectivity index (χ1n) is 9.38. The van der Waals surface area contributed by atoms with Crippen molar-refractivity contribution in [3.05, 3.63) is 70.9 Å². The Morgan fingerprint density at radius 1 is 0.929 bits per heavy atom. The van der Waals surface area contributed by atoms with Gasteiger partial charge in [0.2, 0.25) is 5.91 Å². The van der Waals surface area contributed by atoms with Gasteiger partial charge in [-0.3, -0.25) is 9.59 Å². The molecule has 3 aromatic rings. The average Bonchev–Trinajstić information content (AvgIpc) is 3.04. The monoisotopic (exact) mass is 395 g/mol. The number of aryl methyl sites for hydroxylation is 1. The van der Waals surface area contributed by atoms with Crippen molar-refractivity contribution >= 4 is 34.3 Å². The summed E-state index contributed by atoms with van der Waals surface area (Å²) in [4.78, 5) is 29.1. The van der Waals surface area contributed by atoms with Crippen molar-refractivity contribution in [2.45, 2.75) is 6.42 Å². The lowest BCUT2D eigenvalue weighted by molar-refractivity contribution is -0.131. The van der Waals surface area contributed by atoms with Crippen molar-refractivity contribution in [1.29, 1.82) is 0 Å². The molecule has 28 heavy (non-hydrogen) atoms. The Bertz CT molecular complexity index is 1020. The van der Waals surface area contributed by atoms with E-state index in [2.05, 4.69) is 16.7 Å². The fourth-order valence-corrected chi connectivity index (χ4v) is 3.90. The van der Waals surface area contributed by atoms with E-state index in [1.807, 2.05) is 30.3 Å². The molecule has 2 amide bonds. The molecule has 6 heteroatoms. The standard InChI is InChI=1S/C22H22ClN3O2/c1-24-15-17(19-4-2-3-5-20(19)24)14-21(27)25-10-12-26(13-11-25)22(28)16-6-8-18(23)9-7-16/h2-9,15H,10-14H2,1H3. The first-order valence-corrected chi connectivity index (χ1v) is 9.76. The Morgan fingerprint density at radius 2 is 1.57 bits per heavy atom. The Balaban J connectivity index is 1.38. The summed E-state index contributed by atoms with van der Waals surface area (Å²) in [6, 6.07) is 15.0. The number of hydrogen-bond acceptors (Lipinski definition) is 2. The van der Waals surface area contributed by atoms with E-state index in [0.717, 1.165) is 16.5 Å². The molecule has 1 aliphatic rings. The summed E-state index contributed by atoms with van der Waals surface area (Å²) in [5.41, 5.74) is 2.80. The Labute approximate surface area is 169 Å². The smallest absolute Gasteiger partial charge is 0.253 e. The first-order chi connectivity index (χ1) is 13.5. The second-order valence-electron chi connectivity index (χ2n) is 7.14. The molecule has 2 aromatic carbocycles. The van der Waals surface area contributed by atoms with Gasteiger partial charge in [0.25, 0.3) is 5.91 Å². The van der Waals surface area contributed by atoms with Crippen LogP contribution < -0.4 is 0 Å². The van der Waals surface area contributed by atoms with Crippen LogP contribution in [0.4, 0.5) is 0 Å². The number of benzene rings is 2. The van der Waals surface area contributed by atoms with Crippen LogP contribution in [0.25, 0.3) is 10.9 Å². The van der Waals surface area contributed by atoms with E-state index in [4.69, 9.17) is 11.6 Å². The van der Waals surface area contributed by atoms with E-state index in [-0.39, 0.29) is 11.8 Å². The number of fused-ring (bicyclic) bond motifs is 1. The van der Waals surface area contributed by atoms with Crippen LogP contribution >= 0.6 is 11.6 Å². The van der Waals surface area contributed by atoms with E-state index < -0.39 is 0 Å². The molecule has 144 valence electrons. The van der Waals surface area contributed by atoms with Gasteiger partial charge in [-0.1, -0.05) is 29.8 Å². The molecule has 0 saturated carbocycles. The van der Waals surface area contributed by atoms with Crippen molar-refractivity contribution in [3.8, 4) is 0 Å². The van der Waals surface area contributed by atoms with Gasteiger partial charge in [0.05, 0.1) is 6.42 Å². The lowest BCUT2D eigenvalue weighted by Gasteiger charge is -2.35. The van der Waals surface area contributed by atoms with Crippen molar-refractivity contribution < 1.29 is 9.59 Å². The SMILES string of the molecule is Cn1cc(CC(=O)N2CCN(C(=O)c3ccc(Cl)cc3)CC2)c2ccccc21. The zero-order valence-corrected chi connectivity index (χ0v) is 16.5. The third-order valence-corrected chi connectivity index (χ3v) is 5.58. The van der Waals surface area contributed by atoms with Crippen LogP contribution in [-0.4, -0.2) is 52.4 Å². The summed E-state index contributed by atoms with van der Waals surface area (Å²) in [6.45, 7) is 2.21. The summed E-state index contributed by atoms with van der Waals surface area (Å²) in [5.74, 6) is 0.0905. The number of piperazine rings is 1. The third kappa shape index (κ3) is 3.62. The van der Waals surface area contributed by atoms with Crippen LogP contribution in [-0.2, 0) is 18.3 Å². The minimum absolute atomic E-state index is 0.0159. The molecule has 0 spiro atoms. The maximum Gasteiger partial charge on any atom is 0.253 e. The lowest BCUT2D eigenvalue weighted by atomic mass is 10.1. The summed E-state index contributed by atoms with van der Waals surface area (Å²) in [5, 5.41) is 1.73. The van der Waals surface area contributed by atoms with Gasteiger partial charge < -0.3 is 14.4 Å². The van der Waals surface area contributed by atoms with E-state index in [1.165, 1.54) is 0 Å². The molecule has 1 saturated heterocycles. The highest BCUT2D eigenvalue weighted by molar-refractivity contribution is 6.30. The lowest BCUT2D eigenvalue weighted by Crippen LogP contribution is -2.51. The largest absolute Gasteiger partial charge is 0.350 e. The number of hydrogen-bond donors (Lipinski definition) is 0. The van der Waals surface area contributed by atoms with Gasteiger partial charge in [-0.15, -0.1) is 0 Å². The fourth-order valence-electron chi connectivity index (χ4n) is 3.78. The average molecular weight is 396 g/mol. The predicted octanol–water partition coefficient (Wildman–Crippen LogP) is 3.36. The molecule has 1 aliphatic heterocycles. The van der Waals surface area contributed by atoms with Gasteiger partial charge in [-0.05, 0) is 35.9 Å². The molecule has 0 unspecified atom stereocenters. The molecule has 0 atom stereocenters. The number of halogens is 1. The van der Waals surface area contributed by atoms with Crippen molar-refractivity contribution in [3.63, 3.8) is 0 Å². The van der Waals surface area contributed by atoms with Crippen LogP contribution in [0.15, 0.2) is 54.7 Å². The molecule has 1 fully saturated rings. The fraction of sp³-hybridized carbons (Fsp3) is 0.273. The molecule has 0 aliphatic carbocycles. The predicted molar refractivity (Wildman–Crippen MR) is 111 cm³/mol. The number of amides is 2. The van der Waals surface area contributed by atoms with Gasteiger partial charge in [0.1, 0.15) is 0 Å². The molecule has 4 rings (SSSR count). The molecule has 1 aromatic heterocycles. The van der Waals surface area contributed by atoms with Crippen LogP contribution in [0.5, 0.6) is 0 Å². The van der Waals surface area contributed by atoms with Crippen LogP contribution in [0.3, 0.4) is 0 Å². The Kier molecular flexibility index (Phi) is 5.09. The molecule has 0 bridgehead atoms. The highest BCUT2D eigenvalue weighted by Crippen LogP contribution is 2.21. The van der Waals surface area contributed by atoms with Crippen LogP contribution in [0.1, 0.15) is 15.9 Å². The van der Waals surface area contributed by atoms with Gasteiger partial charge in [0.15, 0.2) is 0 Å². The van der Waals surface area contributed by atoms with Crippen molar-refractivity contribution in [2.24, 2.45) is 7.05 Å². The second-order valence-corrected chi connectivity index (χ2v) is 7.58. The molecular weight excluding hydrogens is 374 g/mol. The van der Waals surface area contributed by atoms with Crippen LogP contribution in [0, 0.1) is 0 Å². The second kappa shape index (κ2) is 7.68. The molecule has 0 N–H and O–H groups in total. The Hall–Kier alpha value is -2.79. The van der Waals surface area contributed by atoms with E-state index >= 15 is 0 Å². The summed E-state index contributed by atoms with van der Waals surface area (Å²) < 4.78 is 2.06. The van der Waals surface area contributed by atoms with Crippen molar-refractivity contribution in [2.75, 3.05) is 26.2 Å². The maximum absolute atomic E-state index is 12.8. The topological polar surface area (TPSA) is 45.6 Å². The number of rotatable bonds is 3. The minimum Gasteiger partial charge on any atom is -0.350 e. The summed E-state index contributed by atoms with van der Waals surface area (Å²) in [7, 11) is 2.00.